The summed E-state index contributed by atoms with van der Waals surface area (Å²) in [6.45, 7) is 1.34. The minimum atomic E-state index is 0.0120. The number of aliphatic hydroxyl groups excluding tert-OH is 1. The van der Waals surface area contributed by atoms with Gasteiger partial charge in [-0.25, -0.2) is 0 Å². The maximum absolute atomic E-state index is 8.97. The van der Waals surface area contributed by atoms with Crippen LogP contribution < -0.4 is 10.1 Å². The van der Waals surface area contributed by atoms with Gasteiger partial charge in [-0.15, -0.1) is 0 Å². The van der Waals surface area contributed by atoms with Crippen molar-refractivity contribution in [2.45, 2.75) is 0 Å². The van der Waals surface area contributed by atoms with Gasteiger partial charge in [0.15, 0.2) is 0 Å². The molecule has 17 heavy (non-hydrogen) atoms. The number of nitrogens with one attached hydrogen (secondary N) is 1. The molecule has 0 unspecified atom stereocenters. The lowest BCUT2D eigenvalue weighted by molar-refractivity contribution is 0.0992. The molecule has 0 aromatic heterocycles. The van der Waals surface area contributed by atoms with Crippen molar-refractivity contribution in [3.63, 3.8) is 0 Å². The van der Waals surface area contributed by atoms with Gasteiger partial charge in [-0.1, -0.05) is 6.07 Å². The van der Waals surface area contributed by atoms with E-state index >= 15 is 0 Å². The molecule has 1 aromatic rings. The van der Waals surface area contributed by atoms with Crippen molar-refractivity contribution in [3.05, 3.63) is 23.8 Å². The molecule has 0 atom stereocenters. The van der Waals surface area contributed by atoms with E-state index in [2.05, 4.69) is 11.4 Å². The number of nitrogens with zero attached hydrogens (tertiary/aromatic N) is 1. The fourth-order valence-electron chi connectivity index (χ4n) is 1.39. The lowest BCUT2D eigenvalue weighted by Crippen LogP contribution is -2.12. The fraction of sp³-hybridized carbons (Fsp3) is 0.417. The summed E-state index contributed by atoms with van der Waals surface area (Å²) in [6, 6.07) is 7.38. The van der Waals surface area contributed by atoms with E-state index in [-0.39, 0.29) is 6.61 Å². The second kappa shape index (κ2) is 7.49. The molecule has 2 N–H and O–H groups in total. The Balaban J connectivity index is 2.59. The van der Waals surface area contributed by atoms with Gasteiger partial charge in [-0.2, -0.15) is 5.26 Å². The zero-order chi connectivity index (χ0) is 12.5. The standard InChI is InChI=1S/C12H16N2O3/c1-16-11-4-2-3-10(9-13)12(11)14-5-7-17-8-6-15/h2-4,14-15H,5-8H2,1H3. The van der Waals surface area contributed by atoms with E-state index in [1.165, 1.54) is 0 Å². The predicted octanol–water partition coefficient (Wildman–Crippen LogP) is 0.988. The summed E-state index contributed by atoms with van der Waals surface area (Å²) in [6.07, 6.45) is 0. The van der Waals surface area contributed by atoms with E-state index in [4.69, 9.17) is 19.8 Å². The molecule has 1 rings (SSSR count). The number of rotatable bonds is 7. The van der Waals surface area contributed by atoms with Crippen LogP contribution in [-0.2, 0) is 4.74 Å². The molecule has 0 spiro atoms. The predicted molar refractivity (Wildman–Crippen MR) is 64.1 cm³/mol. The largest absolute Gasteiger partial charge is 0.495 e. The van der Waals surface area contributed by atoms with Crippen molar-refractivity contribution in [3.8, 4) is 11.8 Å². The Bertz CT molecular complexity index is 388. The van der Waals surface area contributed by atoms with Crippen LogP contribution in [0.15, 0.2) is 18.2 Å². The Morgan fingerprint density at radius 2 is 2.24 bits per heavy atom. The third-order valence-corrected chi connectivity index (χ3v) is 2.15. The van der Waals surface area contributed by atoms with Gasteiger partial charge >= 0.3 is 0 Å². The van der Waals surface area contributed by atoms with Crippen LogP contribution in [0, 0.1) is 11.3 Å². The van der Waals surface area contributed by atoms with Crippen molar-refractivity contribution in [2.24, 2.45) is 0 Å². The number of para-hydroxylation sites is 1. The van der Waals surface area contributed by atoms with Gasteiger partial charge in [-0.3, -0.25) is 0 Å². The number of ether oxygens (including phenoxy) is 2. The smallest absolute Gasteiger partial charge is 0.143 e. The highest BCUT2D eigenvalue weighted by Gasteiger charge is 2.07. The number of nitriles is 1. The molecule has 5 heteroatoms. The SMILES string of the molecule is COc1cccc(C#N)c1NCCOCCO. The fourth-order valence-corrected chi connectivity index (χ4v) is 1.39. The molecule has 0 saturated carbocycles. The average molecular weight is 236 g/mol. The maximum Gasteiger partial charge on any atom is 0.143 e. The van der Waals surface area contributed by atoms with Gasteiger partial charge in [0.25, 0.3) is 0 Å². The lowest BCUT2D eigenvalue weighted by Gasteiger charge is -2.12. The van der Waals surface area contributed by atoms with Gasteiger partial charge in [0.2, 0.25) is 0 Å². The van der Waals surface area contributed by atoms with Crippen LogP contribution in [0.2, 0.25) is 0 Å². The van der Waals surface area contributed by atoms with Crippen LogP contribution in [0.3, 0.4) is 0 Å². The molecule has 0 heterocycles. The average Bonchev–Trinajstić information content (AvgIpc) is 2.38. The number of anilines is 1. The molecule has 0 amide bonds. The zero-order valence-corrected chi connectivity index (χ0v) is 9.77. The van der Waals surface area contributed by atoms with Gasteiger partial charge in [0, 0.05) is 6.54 Å². The van der Waals surface area contributed by atoms with Crippen LogP contribution in [0.5, 0.6) is 5.75 Å². The monoisotopic (exact) mass is 236 g/mol. The second-order valence-corrected chi connectivity index (χ2v) is 3.26. The molecule has 1 aromatic carbocycles. The number of methoxy groups -OCH3 is 1. The first-order chi connectivity index (χ1) is 8.33. The first-order valence-electron chi connectivity index (χ1n) is 5.33. The van der Waals surface area contributed by atoms with Crippen LogP contribution in [-0.4, -0.2) is 38.6 Å². The molecule has 0 fully saturated rings. The molecule has 0 saturated heterocycles. The van der Waals surface area contributed by atoms with Crippen molar-refractivity contribution >= 4 is 5.69 Å². The molecule has 0 bridgehead atoms. The second-order valence-electron chi connectivity index (χ2n) is 3.26. The summed E-state index contributed by atoms with van der Waals surface area (Å²) in [5.74, 6) is 0.631. The molecule has 0 aliphatic heterocycles. The third kappa shape index (κ3) is 3.94. The maximum atomic E-state index is 8.97. The molecular formula is C12H16N2O3. The minimum absolute atomic E-state index is 0.0120. The summed E-state index contributed by atoms with van der Waals surface area (Å²) >= 11 is 0. The Morgan fingerprint density at radius 1 is 1.41 bits per heavy atom. The third-order valence-electron chi connectivity index (χ3n) is 2.15. The van der Waals surface area contributed by atoms with Crippen molar-refractivity contribution < 1.29 is 14.6 Å². The highest BCUT2D eigenvalue weighted by molar-refractivity contribution is 5.66. The van der Waals surface area contributed by atoms with Crippen molar-refractivity contribution in [1.82, 2.24) is 0 Å². The Labute approximate surface area is 101 Å². The van der Waals surface area contributed by atoms with E-state index < -0.39 is 0 Å². The lowest BCUT2D eigenvalue weighted by atomic mass is 10.2. The summed E-state index contributed by atoms with van der Waals surface area (Å²) in [5, 5.41) is 20.6. The summed E-state index contributed by atoms with van der Waals surface area (Å²) in [7, 11) is 1.56. The molecule has 92 valence electrons. The number of hydrogen-bond acceptors (Lipinski definition) is 5. The van der Waals surface area contributed by atoms with E-state index in [0.717, 1.165) is 0 Å². The first kappa shape index (κ1) is 13.3. The number of benzene rings is 1. The molecule has 0 aliphatic rings. The normalized spacial score (nSPS) is 9.71. The van der Waals surface area contributed by atoms with Crippen LogP contribution in [0.1, 0.15) is 5.56 Å². The van der Waals surface area contributed by atoms with Crippen LogP contribution in [0.25, 0.3) is 0 Å². The first-order valence-corrected chi connectivity index (χ1v) is 5.33. The molecular weight excluding hydrogens is 220 g/mol. The van der Waals surface area contributed by atoms with E-state index in [0.29, 0.717) is 36.8 Å². The Morgan fingerprint density at radius 3 is 2.88 bits per heavy atom. The van der Waals surface area contributed by atoms with Crippen molar-refractivity contribution in [2.75, 3.05) is 38.8 Å². The zero-order valence-electron chi connectivity index (χ0n) is 9.77. The van der Waals surface area contributed by atoms with E-state index in [1.54, 1.807) is 25.3 Å². The van der Waals surface area contributed by atoms with E-state index in [9.17, 15) is 0 Å². The Kier molecular flexibility index (Phi) is 5.86. The molecule has 0 radical (unpaired) electrons. The van der Waals surface area contributed by atoms with E-state index in [1.807, 2.05) is 0 Å². The Hall–Kier alpha value is -1.77. The number of hydrogen-bond donors (Lipinski definition) is 2. The quantitative estimate of drug-likeness (QED) is 0.690. The van der Waals surface area contributed by atoms with Gasteiger partial charge in [0.1, 0.15) is 11.8 Å². The highest BCUT2D eigenvalue weighted by Crippen LogP contribution is 2.27. The van der Waals surface area contributed by atoms with Gasteiger partial charge in [-0.05, 0) is 12.1 Å². The van der Waals surface area contributed by atoms with Gasteiger partial charge < -0.3 is 19.9 Å². The summed E-state index contributed by atoms with van der Waals surface area (Å²) < 4.78 is 10.3. The molecule has 0 aliphatic carbocycles. The summed E-state index contributed by atoms with van der Waals surface area (Å²) in [5.41, 5.74) is 1.21. The highest BCUT2D eigenvalue weighted by atomic mass is 16.5. The minimum Gasteiger partial charge on any atom is -0.495 e. The number of aliphatic hydroxyl groups is 1. The van der Waals surface area contributed by atoms with Crippen LogP contribution in [0.4, 0.5) is 5.69 Å². The van der Waals surface area contributed by atoms with Gasteiger partial charge in [0.05, 0.1) is 38.2 Å². The molecule has 5 nitrogen and oxygen atoms in total. The van der Waals surface area contributed by atoms with Crippen molar-refractivity contribution in [1.29, 1.82) is 5.26 Å². The van der Waals surface area contributed by atoms with Crippen LogP contribution >= 0.6 is 0 Å². The summed E-state index contributed by atoms with van der Waals surface area (Å²) in [4.78, 5) is 0. The topological polar surface area (TPSA) is 74.5 Å².